The van der Waals surface area contributed by atoms with Crippen molar-refractivity contribution in [2.75, 3.05) is 13.1 Å². The number of piperidine rings is 1. The molecular weight excluding hydrogens is 268 g/mol. The first kappa shape index (κ1) is 17.8. The highest BCUT2D eigenvalue weighted by Gasteiger charge is 2.29. The van der Waals surface area contributed by atoms with Gasteiger partial charge in [-0.2, -0.15) is 0 Å². The number of carbonyl (C=O) groups excluding carboxylic acids is 1. The molecule has 1 fully saturated rings. The van der Waals surface area contributed by atoms with Crippen molar-refractivity contribution in [1.29, 1.82) is 0 Å². The average molecular weight is 298 g/mol. The molecule has 2 amide bonds. The van der Waals surface area contributed by atoms with Crippen LogP contribution in [-0.2, 0) is 4.79 Å². The molecule has 0 bridgehead atoms. The zero-order valence-corrected chi connectivity index (χ0v) is 14.0. The van der Waals surface area contributed by atoms with Gasteiger partial charge in [-0.25, -0.2) is 4.79 Å². The van der Waals surface area contributed by atoms with Gasteiger partial charge in [0.05, 0.1) is 5.92 Å². The van der Waals surface area contributed by atoms with Crippen LogP contribution >= 0.6 is 0 Å². The lowest BCUT2D eigenvalue weighted by atomic mass is 9.84. The Morgan fingerprint density at radius 3 is 2.43 bits per heavy atom. The number of rotatable bonds is 4. The molecule has 3 unspecified atom stereocenters. The van der Waals surface area contributed by atoms with E-state index < -0.39 is 11.9 Å². The van der Waals surface area contributed by atoms with Gasteiger partial charge >= 0.3 is 12.0 Å². The Morgan fingerprint density at radius 1 is 1.29 bits per heavy atom. The van der Waals surface area contributed by atoms with Crippen molar-refractivity contribution in [2.24, 2.45) is 17.3 Å². The van der Waals surface area contributed by atoms with Gasteiger partial charge in [0, 0.05) is 19.1 Å². The Morgan fingerprint density at radius 2 is 1.90 bits per heavy atom. The maximum Gasteiger partial charge on any atom is 0.317 e. The van der Waals surface area contributed by atoms with Crippen LogP contribution in [0.1, 0.15) is 53.9 Å². The number of hydrogen-bond donors (Lipinski definition) is 2. The Kier molecular flexibility index (Phi) is 6.05. The van der Waals surface area contributed by atoms with Gasteiger partial charge in [0.2, 0.25) is 0 Å². The van der Waals surface area contributed by atoms with Crippen LogP contribution in [0.2, 0.25) is 0 Å². The Labute approximate surface area is 128 Å². The number of likely N-dealkylation sites (tertiary alicyclic amines) is 1. The Bertz CT molecular complexity index is 376. The van der Waals surface area contributed by atoms with Crippen LogP contribution < -0.4 is 5.32 Å². The summed E-state index contributed by atoms with van der Waals surface area (Å²) < 4.78 is 0. The van der Waals surface area contributed by atoms with Crippen molar-refractivity contribution in [3.8, 4) is 0 Å². The first-order chi connectivity index (χ1) is 9.60. The molecule has 1 aliphatic rings. The van der Waals surface area contributed by atoms with E-state index in [0.29, 0.717) is 12.3 Å². The van der Waals surface area contributed by atoms with Crippen LogP contribution in [0, 0.1) is 17.3 Å². The summed E-state index contributed by atoms with van der Waals surface area (Å²) in [5, 5.41) is 12.1. The molecule has 0 radical (unpaired) electrons. The molecule has 1 rings (SSSR count). The molecule has 2 N–H and O–H groups in total. The van der Waals surface area contributed by atoms with E-state index in [1.54, 1.807) is 0 Å². The zero-order valence-electron chi connectivity index (χ0n) is 14.0. The third-order valence-electron chi connectivity index (χ3n) is 4.09. The molecule has 3 atom stereocenters. The number of aliphatic carboxylic acids is 1. The molecule has 21 heavy (non-hydrogen) atoms. The van der Waals surface area contributed by atoms with Gasteiger partial charge in [-0.1, -0.05) is 27.7 Å². The number of carboxylic acids is 1. The average Bonchev–Trinajstić information content (AvgIpc) is 2.35. The highest BCUT2D eigenvalue weighted by molar-refractivity contribution is 5.76. The minimum Gasteiger partial charge on any atom is -0.481 e. The number of carboxylic acid groups (broad SMARTS) is 1. The van der Waals surface area contributed by atoms with Crippen LogP contribution in [0.15, 0.2) is 0 Å². The van der Waals surface area contributed by atoms with E-state index in [9.17, 15) is 14.7 Å². The van der Waals surface area contributed by atoms with E-state index >= 15 is 0 Å². The SMILES string of the molecule is CC1CCC(C)N(C(=O)NCC(CC(C)(C)C)C(=O)O)C1. The fraction of sp³-hybridized carbons (Fsp3) is 0.875. The highest BCUT2D eigenvalue weighted by atomic mass is 16.4. The predicted molar refractivity (Wildman–Crippen MR) is 83.2 cm³/mol. The number of urea groups is 1. The van der Waals surface area contributed by atoms with Crippen LogP contribution in [-0.4, -0.2) is 41.1 Å². The summed E-state index contributed by atoms with van der Waals surface area (Å²) in [6, 6.07) is 0.0984. The monoisotopic (exact) mass is 298 g/mol. The van der Waals surface area contributed by atoms with Gasteiger partial charge in [0.1, 0.15) is 0 Å². The molecule has 1 heterocycles. The highest BCUT2D eigenvalue weighted by Crippen LogP contribution is 2.25. The van der Waals surface area contributed by atoms with Crippen molar-refractivity contribution in [2.45, 2.75) is 59.9 Å². The Balaban J connectivity index is 2.55. The van der Waals surface area contributed by atoms with Gasteiger partial charge in [-0.05, 0) is 37.5 Å². The van der Waals surface area contributed by atoms with Gasteiger partial charge in [-0.3, -0.25) is 4.79 Å². The summed E-state index contributed by atoms with van der Waals surface area (Å²) in [5.74, 6) is -0.867. The van der Waals surface area contributed by atoms with Crippen LogP contribution in [0.25, 0.3) is 0 Å². The first-order valence-electron chi connectivity index (χ1n) is 7.87. The van der Waals surface area contributed by atoms with Crippen LogP contribution in [0.3, 0.4) is 0 Å². The maximum atomic E-state index is 12.3. The summed E-state index contributed by atoms with van der Waals surface area (Å²) in [4.78, 5) is 25.4. The van der Waals surface area contributed by atoms with Gasteiger partial charge in [-0.15, -0.1) is 0 Å². The lowest BCUT2D eigenvalue weighted by molar-refractivity contribution is -0.142. The van der Waals surface area contributed by atoms with E-state index in [0.717, 1.165) is 19.4 Å². The number of carbonyl (C=O) groups is 2. The lowest BCUT2D eigenvalue weighted by Crippen LogP contribution is -2.50. The molecule has 1 aliphatic heterocycles. The van der Waals surface area contributed by atoms with E-state index in [1.165, 1.54) is 0 Å². The number of amides is 2. The van der Waals surface area contributed by atoms with Gasteiger partial charge in [0.15, 0.2) is 0 Å². The molecule has 122 valence electrons. The van der Waals surface area contributed by atoms with Crippen molar-refractivity contribution in [1.82, 2.24) is 10.2 Å². The van der Waals surface area contributed by atoms with Crippen LogP contribution in [0.4, 0.5) is 4.79 Å². The summed E-state index contributed by atoms with van der Waals surface area (Å²) >= 11 is 0. The molecular formula is C16H30N2O3. The number of nitrogens with one attached hydrogen (secondary N) is 1. The van der Waals surface area contributed by atoms with Crippen molar-refractivity contribution < 1.29 is 14.7 Å². The second-order valence-electron chi connectivity index (χ2n) is 7.67. The summed E-state index contributed by atoms with van der Waals surface area (Å²) in [6.45, 7) is 11.2. The standard InChI is InChI=1S/C16H30N2O3/c1-11-6-7-12(2)18(10-11)15(21)17-9-13(14(19)20)8-16(3,4)5/h11-13H,6-10H2,1-5H3,(H,17,21)(H,19,20). The van der Waals surface area contributed by atoms with Crippen molar-refractivity contribution in [3.63, 3.8) is 0 Å². The largest absolute Gasteiger partial charge is 0.481 e. The molecule has 0 aromatic heterocycles. The fourth-order valence-electron chi connectivity index (χ4n) is 2.87. The molecule has 5 heteroatoms. The number of hydrogen-bond acceptors (Lipinski definition) is 2. The van der Waals surface area contributed by atoms with E-state index in [2.05, 4.69) is 19.2 Å². The lowest BCUT2D eigenvalue weighted by Gasteiger charge is -2.37. The van der Waals surface area contributed by atoms with E-state index in [-0.39, 0.29) is 24.0 Å². The fourth-order valence-corrected chi connectivity index (χ4v) is 2.87. The van der Waals surface area contributed by atoms with E-state index in [4.69, 9.17) is 0 Å². The third-order valence-corrected chi connectivity index (χ3v) is 4.09. The summed E-state index contributed by atoms with van der Waals surface area (Å²) in [7, 11) is 0. The topological polar surface area (TPSA) is 69.6 Å². The van der Waals surface area contributed by atoms with Crippen LogP contribution in [0.5, 0.6) is 0 Å². The smallest absolute Gasteiger partial charge is 0.317 e. The van der Waals surface area contributed by atoms with Gasteiger partial charge in [0.25, 0.3) is 0 Å². The molecule has 0 aromatic carbocycles. The quantitative estimate of drug-likeness (QED) is 0.838. The molecule has 0 aliphatic carbocycles. The third kappa shape index (κ3) is 5.94. The molecule has 1 saturated heterocycles. The first-order valence-corrected chi connectivity index (χ1v) is 7.87. The predicted octanol–water partition coefficient (Wildman–Crippen LogP) is 2.95. The minimum absolute atomic E-state index is 0.0687. The van der Waals surface area contributed by atoms with Gasteiger partial charge < -0.3 is 15.3 Å². The van der Waals surface area contributed by atoms with Crippen molar-refractivity contribution in [3.05, 3.63) is 0 Å². The minimum atomic E-state index is -0.842. The molecule has 0 saturated carbocycles. The second kappa shape index (κ2) is 7.14. The number of nitrogens with zero attached hydrogens (tertiary/aromatic N) is 1. The summed E-state index contributed by atoms with van der Waals surface area (Å²) in [6.07, 6.45) is 2.71. The molecule has 5 nitrogen and oxygen atoms in total. The Hall–Kier alpha value is -1.26. The summed E-state index contributed by atoms with van der Waals surface area (Å²) in [5.41, 5.74) is -0.0687. The molecule has 0 spiro atoms. The molecule has 0 aromatic rings. The zero-order chi connectivity index (χ0) is 16.2. The van der Waals surface area contributed by atoms with Crippen molar-refractivity contribution >= 4 is 12.0 Å². The van der Waals surface area contributed by atoms with E-state index in [1.807, 2.05) is 25.7 Å². The maximum absolute atomic E-state index is 12.3. The second-order valence-corrected chi connectivity index (χ2v) is 7.67. The normalized spacial score (nSPS) is 24.5.